The molecule has 0 radical (unpaired) electrons. The summed E-state index contributed by atoms with van der Waals surface area (Å²) in [5.41, 5.74) is 3.83. The predicted octanol–water partition coefficient (Wildman–Crippen LogP) is 3.14. The highest BCUT2D eigenvalue weighted by atomic mass is 16.2. The highest BCUT2D eigenvalue weighted by Crippen LogP contribution is 2.14. The van der Waals surface area contributed by atoms with Gasteiger partial charge in [-0.2, -0.15) is 0 Å². The van der Waals surface area contributed by atoms with Gasteiger partial charge in [-0.25, -0.2) is 4.98 Å². The molecule has 0 aliphatic rings. The molecule has 0 saturated carbocycles. The molecular weight excluding hydrogens is 326 g/mol. The zero-order valence-corrected chi connectivity index (χ0v) is 15.3. The van der Waals surface area contributed by atoms with Crippen molar-refractivity contribution in [1.29, 1.82) is 0 Å². The molecule has 0 fully saturated rings. The molecule has 1 amide bonds. The van der Waals surface area contributed by atoms with Crippen LogP contribution < -0.4 is 10.9 Å². The molecule has 0 aliphatic carbocycles. The van der Waals surface area contributed by atoms with Gasteiger partial charge in [0.05, 0.1) is 17.1 Å². The number of nitrogens with one attached hydrogen (secondary N) is 1. The summed E-state index contributed by atoms with van der Waals surface area (Å²) < 4.78 is 1.49. The van der Waals surface area contributed by atoms with Gasteiger partial charge in [-0.1, -0.05) is 43.3 Å². The minimum atomic E-state index is -0.237. The second-order valence-corrected chi connectivity index (χ2v) is 6.46. The number of hydrogen-bond donors (Lipinski definition) is 1. The van der Waals surface area contributed by atoms with Gasteiger partial charge in [-0.3, -0.25) is 14.2 Å². The summed E-state index contributed by atoms with van der Waals surface area (Å²) >= 11 is 0. The summed E-state index contributed by atoms with van der Waals surface area (Å²) in [5, 5.41) is 2.97. The largest absolute Gasteiger partial charge is 0.348 e. The molecular formula is C21H23N3O2. The first-order valence-corrected chi connectivity index (χ1v) is 8.84. The third kappa shape index (κ3) is 3.67. The molecule has 0 saturated heterocycles. The highest BCUT2D eigenvalue weighted by molar-refractivity contribution is 5.80. The van der Waals surface area contributed by atoms with E-state index in [0.717, 1.165) is 12.0 Å². The Morgan fingerprint density at radius 3 is 2.54 bits per heavy atom. The third-order valence-electron chi connectivity index (χ3n) is 4.58. The van der Waals surface area contributed by atoms with Crippen molar-refractivity contribution in [2.24, 2.45) is 0 Å². The van der Waals surface area contributed by atoms with Crippen molar-refractivity contribution < 1.29 is 4.79 Å². The fraction of sp³-hybridized carbons (Fsp3) is 0.286. The first-order chi connectivity index (χ1) is 12.5. The van der Waals surface area contributed by atoms with E-state index in [0.29, 0.717) is 16.7 Å². The topological polar surface area (TPSA) is 64.0 Å². The van der Waals surface area contributed by atoms with E-state index in [1.165, 1.54) is 10.1 Å². The molecule has 134 valence electrons. The molecule has 0 bridgehead atoms. The molecule has 5 heteroatoms. The number of hydrogen-bond acceptors (Lipinski definition) is 3. The second-order valence-electron chi connectivity index (χ2n) is 6.46. The van der Waals surface area contributed by atoms with Crippen molar-refractivity contribution >= 4 is 16.9 Å². The molecule has 26 heavy (non-hydrogen) atoms. The molecule has 0 aliphatic heterocycles. The molecule has 1 heterocycles. The number of carbonyl (C=O) groups is 1. The summed E-state index contributed by atoms with van der Waals surface area (Å²) in [7, 11) is 0. The Bertz CT molecular complexity index is 990. The van der Waals surface area contributed by atoms with Crippen molar-refractivity contribution in [3.63, 3.8) is 0 Å². The fourth-order valence-electron chi connectivity index (χ4n) is 3.03. The predicted molar refractivity (Wildman–Crippen MR) is 103 cm³/mol. The summed E-state index contributed by atoms with van der Waals surface area (Å²) in [6.07, 6.45) is 0.985. The summed E-state index contributed by atoms with van der Waals surface area (Å²) in [5.74, 6) is -0.199. The lowest BCUT2D eigenvalue weighted by molar-refractivity contribution is -0.122. The number of aromatic nitrogens is 2. The van der Waals surface area contributed by atoms with Gasteiger partial charge in [0.1, 0.15) is 12.2 Å². The van der Waals surface area contributed by atoms with E-state index in [1.54, 1.807) is 6.92 Å². The lowest BCUT2D eigenvalue weighted by Crippen LogP contribution is -2.35. The lowest BCUT2D eigenvalue weighted by atomic mass is 10.1. The van der Waals surface area contributed by atoms with E-state index in [4.69, 9.17) is 0 Å². The van der Waals surface area contributed by atoms with Crippen molar-refractivity contribution in [3.8, 4) is 0 Å². The fourth-order valence-corrected chi connectivity index (χ4v) is 3.03. The Morgan fingerprint density at radius 2 is 1.85 bits per heavy atom. The van der Waals surface area contributed by atoms with Crippen LogP contribution in [0.3, 0.4) is 0 Å². The van der Waals surface area contributed by atoms with E-state index in [2.05, 4.69) is 29.4 Å². The summed E-state index contributed by atoms with van der Waals surface area (Å²) in [6, 6.07) is 15.4. The number of nitrogens with zero attached hydrogens (tertiary/aromatic N) is 2. The van der Waals surface area contributed by atoms with Crippen LogP contribution in [-0.4, -0.2) is 15.5 Å². The normalized spacial score (nSPS) is 12.1. The van der Waals surface area contributed by atoms with E-state index in [1.807, 2.05) is 43.3 Å². The molecule has 1 atom stereocenters. The summed E-state index contributed by atoms with van der Waals surface area (Å²) in [4.78, 5) is 29.3. The van der Waals surface area contributed by atoms with Crippen molar-refractivity contribution in [2.75, 3.05) is 0 Å². The van der Waals surface area contributed by atoms with Crippen LogP contribution >= 0.6 is 0 Å². The Labute approximate surface area is 152 Å². The van der Waals surface area contributed by atoms with Crippen molar-refractivity contribution in [3.05, 3.63) is 75.7 Å². The van der Waals surface area contributed by atoms with Gasteiger partial charge < -0.3 is 5.32 Å². The van der Waals surface area contributed by atoms with Crippen LogP contribution in [0.2, 0.25) is 0 Å². The average molecular weight is 349 g/mol. The Balaban J connectivity index is 1.80. The Morgan fingerprint density at radius 1 is 1.15 bits per heavy atom. The van der Waals surface area contributed by atoms with Gasteiger partial charge in [0.15, 0.2) is 0 Å². The number of fused-ring (bicyclic) bond motifs is 1. The van der Waals surface area contributed by atoms with Gasteiger partial charge in [0.25, 0.3) is 5.56 Å². The molecule has 0 spiro atoms. The van der Waals surface area contributed by atoms with Gasteiger partial charge in [0.2, 0.25) is 5.91 Å². The van der Waals surface area contributed by atoms with Crippen LogP contribution in [0.15, 0.2) is 53.3 Å². The van der Waals surface area contributed by atoms with E-state index >= 15 is 0 Å². The minimum Gasteiger partial charge on any atom is -0.348 e. The zero-order chi connectivity index (χ0) is 18.7. The second kappa shape index (κ2) is 7.52. The molecule has 3 aromatic rings. The van der Waals surface area contributed by atoms with Crippen LogP contribution in [0.4, 0.5) is 0 Å². The number of para-hydroxylation sites is 2. The number of rotatable bonds is 5. The first-order valence-electron chi connectivity index (χ1n) is 8.84. The van der Waals surface area contributed by atoms with Crippen molar-refractivity contribution in [1.82, 2.24) is 14.9 Å². The standard InChI is InChI=1S/C21H23N3O2/c1-4-16-9-11-17(12-10-16)14(2)23-20(25)13-24-19-8-6-5-7-18(19)22-15(3)21(24)26/h5-12,14H,4,13H2,1-3H3,(H,23,25)/t14-/m1/s1. The van der Waals surface area contributed by atoms with Crippen LogP contribution in [0.1, 0.15) is 36.7 Å². The van der Waals surface area contributed by atoms with Crippen LogP contribution in [0.25, 0.3) is 11.0 Å². The maximum atomic E-state index is 12.5. The first kappa shape index (κ1) is 17.9. The monoisotopic (exact) mass is 349 g/mol. The molecule has 5 nitrogen and oxygen atoms in total. The van der Waals surface area contributed by atoms with Gasteiger partial charge >= 0.3 is 0 Å². The smallest absolute Gasteiger partial charge is 0.272 e. The number of benzene rings is 2. The van der Waals surface area contributed by atoms with Crippen molar-refractivity contribution in [2.45, 2.75) is 39.8 Å². The average Bonchev–Trinajstić information content (AvgIpc) is 2.65. The maximum absolute atomic E-state index is 12.5. The Kier molecular flexibility index (Phi) is 5.16. The molecule has 1 N–H and O–H groups in total. The zero-order valence-electron chi connectivity index (χ0n) is 15.3. The maximum Gasteiger partial charge on any atom is 0.272 e. The van der Waals surface area contributed by atoms with E-state index in [-0.39, 0.29) is 24.1 Å². The number of amides is 1. The SMILES string of the molecule is CCc1ccc([C@@H](C)NC(=O)Cn2c(=O)c(C)nc3ccccc32)cc1. The van der Waals surface area contributed by atoms with Gasteiger partial charge in [-0.05, 0) is 43.5 Å². The van der Waals surface area contributed by atoms with E-state index < -0.39 is 0 Å². The molecule has 1 aromatic heterocycles. The highest BCUT2D eigenvalue weighted by Gasteiger charge is 2.14. The Hall–Kier alpha value is -2.95. The lowest BCUT2D eigenvalue weighted by Gasteiger charge is -2.16. The molecule has 2 aromatic carbocycles. The van der Waals surface area contributed by atoms with Gasteiger partial charge in [-0.15, -0.1) is 0 Å². The molecule has 3 rings (SSSR count). The van der Waals surface area contributed by atoms with Crippen LogP contribution in [-0.2, 0) is 17.8 Å². The third-order valence-corrected chi connectivity index (χ3v) is 4.58. The van der Waals surface area contributed by atoms with Gasteiger partial charge in [0, 0.05) is 0 Å². The van der Waals surface area contributed by atoms with Crippen LogP contribution in [0, 0.1) is 6.92 Å². The quantitative estimate of drug-likeness (QED) is 0.770. The minimum absolute atomic E-state index is 0.0277. The molecule has 0 unspecified atom stereocenters. The number of carbonyl (C=O) groups excluding carboxylic acids is 1. The van der Waals surface area contributed by atoms with E-state index in [9.17, 15) is 9.59 Å². The van der Waals surface area contributed by atoms with Crippen LogP contribution in [0.5, 0.6) is 0 Å². The number of aryl methyl sites for hydroxylation is 2. The summed E-state index contributed by atoms with van der Waals surface area (Å²) in [6.45, 7) is 5.69.